The minimum atomic E-state index is -0.961. The Morgan fingerprint density at radius 1 is 1.22 bits per heavy atom. The topological polar surface area (TPSA) is 95.8 Å². The van der Waals surface area contributed by atoms with E-state index in [2.05, 4.69) is 10.5 Å². The molecule has 1 N–H and O–H groups in total. The molecule has 0 aliphatic rings. The van der Waals surface area contributed by atoms with Crippen LogP contribution < -0.4 is 5.43 Å². The Labute approximate surface area is 111 Å². The highest BCUT2D eigenvalue weighted by atomic mass is 35.5. The zero-order chi connectivity index (χ0) is 13.7. The fraction of sp³-hybridized carbons (Fsp3) is 0. The maximum Gasteiger partial charge on any atom is 0.237 e. The molecule has 88 valence electrons. The molecule has 5 nitrogen and oxygen atoms in total. The van der Waals surface area contributed by atoms with Gasteiger partial charge in [-0.2, -0.15) is 20.9 Å². The highest BCUT2D eigenvalue weighted by Crippen LogP contribution is 2.32. The van der Waals surface area contributed by atoms with Crippen LogP contribution in [0, 0.1) is 39.8 Å². The molecule has 1 aromatic carbocycles. The second-order valence-corrected chi connectivity index (χ2v) is 3.63. The molecule has 0 fully saturated rings. The van der Waals surface area contributed by atoms with Gasteiger partial charge in [-0.15, -0.1) is 0 Å². The molecule has 0 bridgehead atoms. The lowest BCUT2D eigenvalue weighted by Crippen LogP contribution is -2.01. The summed E-state index contributed by atoms with van der Waals surface area (Å²) in [5.41, 5.74) is 1.08. The molecular weight excluding hydrogens is 280 g/mol. The second kappa shape index (κ2) is 5.84. The van der Waals surface area contributed by atoms with Gasteiger partial charge in [-0.3, -0.25) is 5.43 Å². The zero-order valence-electron chi connectivity index (χ0n) is 8.50. The SMILES string of the molecule is N#CC(C#N)=NNc1c(Cl)cc(Cl)c(F)c1C#N. The molecule has 0 amide bonds. The zero-order valence-corrected chi connectivity index (χ0v) is 10.0. The summed E-state index contributed by atoms with van der Waals surface area (Å²) in [7, 11) is 0. The van der Waals surface area contributed by atoms with Gasteiger partial charge in [0.25, 0.3) is 0 Å². The summed E-state index contributed by atoms with van der Waals surface area (Å²) in [5, 5.41) is 28.7. The molecule has 0 radical (unpaired) electrons. The number of anilines is 1. The highest BCUT2D eigenvalue weighted by molar-refractivity contribution is 6.36. The van der Waals surface area contributed by atoms with E-state index in [0.29, 0.717) is 0 Å². The van der Waals surface area contributed by atoms with Crippen LogP contribution in [0.25, 0.3) is 0 Å². The Morgan fingerprint density at radius 3 is 2.33 bits per heavy atom. The van der Waals surface area contributed by atoms with E-state index < -0.39 is 17.1 Å². The van der Waals surface area contributed by atoms with Gasteiger partial charge in [-0.1, -0.05) is 23.2 Å². The van der Waals surface area contributed by atoms with Crippen molar-refractivity contribution >= 4 is 34.6 Å². The molecule has 8 heteroatoms. The van der Waals surface area contributed by atoms with Gasteiger partial charge in [0.1, 0.15) is 23.8 Å². The van der Waals surface area contributed by atoms with E-state index in [1.54, 1.807) is 6.07 Å². The Hall–Kier alpha value is -2.33. The molecule has 1 rings (SSSR count). The standard InChI is InChI=1S/C10H2Cl2FN5/c11-7-1-8(12)10(6(4-16)9(7)13)18-17-5(2-14)3-15/h1,18H. The number of nitrogens with zero attached hydrogens (tertiary/aromatic N) is 4. The summed E-state index contributed by atoms with van der Waals surface area (Å²) in [6.45, 7) is 0. The van der Waals surface area contributed by atoms with E-state index in [0.717, 1.165) is 6.07 Å². The number of hydrazone groups is 1. The largest absolute Gasteiger partial charge is 0.274 e. The molecule has 1 aromatic rings. The van der Waals surface area contributed by atoms with E-state index in [-0.39, 0.29) is 15.7 Å². The van der Waals surface area contributed by atoms with Gasteiger partial charge in [0.2, 0.25) is 5.71 Å². The van der Waals surface area contributed by atoms with Crippen molar-refractivity contribution in [3.8, 4) is 18.2 Å². The van der Waals surface area contributed by atoms with Crippen LogP contribution in [0.1, 0.15) is 5.56 Å². The Balaban J connectivity index is 3.32. The molecular formula is C10H2Cl2FN5. The first-order valence-corrected chi connectivity index (χ1v) is 5.02. The van der Waals surface area contributed by atoms with Crippen LogP contribution in [0.15, 0.2) is 11.2 Å². The number of rotatable bonds is 2. The molecule has 0 saturated carbocycles. The summed E-state index contributed by atoms with van der Waals surface area (Å²) in [6, 6.07) is 5.61. The molecule has 0 aromatic heterocycles. The molecule has 0 aliphatic carbocycles. The van der Waals surface area contributed by atoms with Crippen LogP contribution >= 0.6 is 23.2 Å². The van der Waals surface area contributed by atoms with Crippen LogP contribution in [0.4, 0.5) is 10.1 Å². The number of hydrogen-bond donors (Lipinski definition) is 1. The monoisotopic (exact) mass is 281 g/mol. The van der Waals surface area contributed by atoms with Gasteiger partial charge in [0.15, 0.2) is 5.82 Å². The first-order chi connectivity index (χ1) is 8.54. The smallest absolute Gasteiger partial charge is 0.237 e. The first kappa shape index (κ1) is 13.7. The van der Waals surface area contributed by atoms with Crippen molar-refractivity contribution in [2.24, 2.45) is 5.10 Å². The summed E-state index contributed by atoms with van der Waals surface area (Å²) in [4.78, 5) is 0. The Bertz CT molecular complexity index is 632. The van der Waals surface area contributed by atoms with Crippen LogP contribution in [0.2, 0.25) is 10.0 Å². The van der Waals surface area contributed by atoms with Gasteiger partial charge in [-0.25, -0.2) is 4.39 Å². The van der Waals surface area contributed by atoms with Gasteiger partial charge < -0.3 is 0 Å². The average Bonchev–Trinajstić information content (AvgIpc) is 2.36. The van der Waals surface area contributed by atoms with Crippen LogP contribution in [-0.2, 0) is 0 Å². The maximum absolute atomic E-state index is 13.5. The fourth-order valence-electron chi connectivity index (χ4n) is 0.996. The lowest BCUT2D eigenvalue weighted by atomic mass is 10.2. The quantitative estimate of drug-likeness (QED) is 0.512. The predicted molar refractivity (Wildman–Crippen MR) is 63.4 cm³/mol. The van der Waals surface area contributed by atoms with E-state index in [1.165, 1.54) is 12.1 Å². The fourth-order valence-corrected chi connectivity index (χ4v) is 1.50. The van der Waals surface area contributed by atoms with Crippen LogP contribution in [-0.4, -0.2) is 5.71 Å². The maximum atomic E-state index is 13.5. The van der Waals surface area contributed by atoms with Crippen molar-refractivity contribution in [1.29, 1.82) is 15.8 Å². The summed E-state index contributed by atoms with van der Waals surface area (Å²) in [6.07, 6.45) is 0. The number of hydrogen-bond acceptors (Lipinski definition) is 5. The average molecular weight is 282 g/mol. The van der Waals surface area contributed by atoms with E-state index in [4.69, 9.17) is 39.0 Å². The van der Waals surface area contributed by atoms with Crippen molar-refractivity contribution in [3.05, 3.63) is 27.5 Å². The van der Waals surface area contributed by atoms with Gasteiger partial charge >= 0.3 is 0 Å². The number of halogens is 3. The van der Waals surface area contributed by atoms with Crippen molar-refractivity contribution in [3.63, 3.8) is 0 Å². The lowest BCUT2D eigenvalue weighted by Gasteiger charge is -2.07. The van der Waals surface area contributed by atoms with E-state index in [1.807, 2.05) is 0 Å². The third-order valence-corrected chi connectivity index (χ3v) is 2.35. The predicted octanol–water partition coefficient (Wildman–Crippen LogP) is 2.82. The van der Waals surface area contributed by atoms with Gasteiger partial charge in [0, 0.05) is 0 Å². The van der Waals surface area contributed by atoms with Gasteiger partial charge in [-0.05, 0) is 6.07 Å². The molecule has 18 heavy (non-hydrogen) atoms. The van der Waals surface area contributed by atoms with Crippen LogP contribution in [0.5, 0.6) is 0 Å². The normalized spacial score (nSPS) is 8.67. The first-order valence-electron chi connectivity index (χ1n) is 4.26. The van der Waals surface area contributed by atoms with Gasteiger partial charge in [0.05, 0.1) is 15.7 Å². The second-order valence-electron chi connectivity index (χ2n) is 2.81. The van der Waals surface area contributed by atoms with E-state index >= 15 is 0 Å². The number of benzene rings is 1. The molecule has 0 spiro atoms. The molecule has 0 saturated heterocycles. The minimum absolute atomic E-state index is 0.0584. The highest BCUT2D eigenvalue weighted by Gasteiger charge is 2.16. The Kier molecular flexibility index (Phi) is 4.45. The van der Waals surface area contributed by atoms with Crippen molar-refractivity contribution < 1.29 is 4.39 Å². The molecule has 0 unspecified atom stereocenters. The van der Waals surface area contributed by atoms with Crippen LogP contribution in [0.3, 0.4) is 0 Å². The van der Waals surface area contributed by atoms with E-state index in [9.17, 15) is 4.39 Å². The van der Waals surface area contributed by atoms with Crippen molar-refractivity contribution in [2.75, 3.05) is 5.43 Å². The third-order valence-electron chi connectivity index (χ3n) is 1.77. The molecule has 0 atom stereocenters. The summed E-state index contributed by atoms with van der Waals surface area (Å²) < 4.78 is 13.5. The van der Waals surface area contributed by atoms with Crippen molar-refractivity contribution in [2.45, 2.75) is 0 Å². The number of nitrogens with one attached hydrogen (secondary N) is 1. The summed E-state index contributed by atoms with van der Waals surface area (Å²) in [5.74, 6) is -0.961. The third kappa shape index (κ3) is 2.67. The lowest BCUT2D eigenvalue weighted by molar-refractivity contribution is 0.625. The summed E-state index contributed by atoms with van der Waals surface area (Å²) >= 11 is 11.3. The minimum Gasteiger partial charge on any atom is -0.274 e. The van der Waals surface area contributed by atoms with Crippen molar-refractivity contribution in [1.82, 2.24) is 0 Å². The number of nitriles is 3. The molecule has 0 aliphatic heterocycles. The Morgan fingerprint density at radius 2 is 1.83 bits per heavy atom. The molecule has 0 heterocycles.